The molecule has 130 valence electrons. The highest BCUT2D eigenvalue weighted by Gasteiger charge is 2.33. The SMILES string of the molecule is O=C1/C(=C/c2ccco2)Oc2c1ccc1c2CN(Cc2ccco2)CO1. The van der Waals surface area contributed by atoms with Gasteiger partial charge < -0.3 is 18.3 Å². The first-order chi connectivity index (χ1) is 12.8. The third-order valence-corrected chi connectivity index (χ3v) is 4.46. The Hall–Kier alpha value is -3.25. The first-order valence-electron chi connectivity index (χ1n) is 8.29. The summed E-state index contributed by atoms with van der Waals surface area (Å²) in [6.45, 7) is 1.69. The van der Waals surface area contributed by atoms with Gasteiger partial charge in [-0.15, -0.1) is 0 Å². The van der Waals surface area contributed by atoms with E-state index in [0.717, 1.165) is 17.1 Å². The van der Waals surface area contributed by atoms with Gasteiger partial charge in [0.15, 0.2) is 5.76 Å². The molecular formula is C20H15NO5. The van der Waals surface area contributed by atoms with Gasteiger partial charge in [0.05, 0.1) is 30.2 Å². The first-order valence-corrected chi connectivity index (χ1v) is 8.29. The Balaban J connectivity index is 1.46. The summed E-state index contributed by atoms with van der Waals surface area (Å²) in [6.07, 6.45) is 4.82. The number of rotatable bonds is 3. The molecule has 6 nitrogen and oxygen atoms in total. The van der Waals surface area contributed by atoms with Crippen LogP contribution in [0.3, 0.4) is 0 Å². The van der Waals surface area contributed by atoms with Crippen molar-refractivity contribution in [2.75, 3.05) is 6.73 Å². The molecule has 2 aliphatic rings. The number of nitrogens with zero attached hydrogens (tertiary/aromatic N) is 1. The molecule has 0 bridgehead atoms. The van der Waals surface area contributed by atoms with Crippen molar-refractivity contribution < 1.29 is 23.1 Å². The standard InChI is InChI=1S/C20H15NO5/c22-19-15-5-6-17-16(11-21(12-25-17)10-14-4-2-8-24-14)20(15)26-18(19)9-13-3-1-7-23-13/h1-9H,10-12H2/b18-9-. The molecule has 6 heteroatoms. The summed E-state index contributed by atoms with van der Waals surface area (Å²) in [5.41, 5.74) is 1.42. The molecule has 4 heterocycles. The molecular weight excluding hydrogens is 334 g/mol. The van der Waals surface area contributed by atoms with Crippen LogP contribution in [-0.4, -0.2) is 17.4 Å². The lowest BCUT2D eigenvalue weighted by molar-refractivity contribution is 0.0810. The summed E-state index contributed by atoms with van der Waals surface area (Å²) in [4.78, 5) is 14.7. The Morgan fingerprint density at radius 3 is 2.77 bits per heavy atom. The lowest BCUT2D eigenvalue weighted by Crippen LogP contribution is -2.31. The smallest absolute Gasteiger partial charge is 0.232 e. The number of allylic oxidation sites excluding steroid dienone is 1. The predicted molar refractivity (Wildman–Crippen MR) is 91.5 cm³/mol. The predicted octanol–water partition coefficient (Wildman–Crippen LogP) is 3.84. The van der Waals surface area contributed by atoms with E-state index in [1.165, 1.54) is 0 Å². The van der Waals surface area contributed by atoms with E-state index in [0.29, 0.717) is 36.9 Å². The normalized spacial score (nSPS) is 17.7. The molecule has 0 spiro atoms. The van der Waals surface area contributed by atoms with Gasteiger partial charge in [0.25, 0.3) is 0 Å². The van der Waals surface area contributed by atoms with Crippen molar-refractivity contribution in [2.24, 2.45) is 0 Å². The van der Waals surface area contributed by atoms with Crippen molar-refractivity contribution in [1.82, 2.24) is 4.90 Å². The van der Waals surface area contributed by atoms with Crippen LogP contribution >= 0.6 is 0 Å². The van der Waals surface area contributed by atoms with Crippen molar-refractivity contribution in [3.05, 3.63) is 77.3 Å². The molecule has 1 aromatic carbocycles. The third kappa shape index (κ3) is 2.51. The molecule has 0 N–H and O–H groups in total. The van der Waals surface area contributed by atoms with Gasteiger partial charge in [-0.05, 0) is 36.4 Å². The van der Waals surface area contributed by atoms with Crippen LogP contribution in [0.15, 0.2) is 63.5 Å². The van der Waals surface area contributed by atoms with Crippen molar-refractivity contribution in [2.45, 2.75) is 13.1 Å². The Labute approximate surface area is 149 Å². The Bertz CT molecular complexity index is 986. The van der Waals surface area contributed by atoms with Crippen LogP contribution in [0.5, 0.6) is 11.5 Å². The maximum atomic E-state index is 12.6. The largest absolute Gasteiger partial charge is 0.478 e. The Morgan fingerprint density at radius 1 is 1.08 bits per heavy atom. The molecule has 0 saturated carbocycles. The van der Waals surface area contributed by atoms with Crippen LogP contribution in [0.25, 0.3) is 6.08 Å². The second kappa shape index (κ2) is 5.93. The van der Waals surface area contributed by atoms with Gasteiger partial charge in [-0.1, -0.05) is 0 Å². The number of furan rings is 2. The zero-order valence-electron chi connectivity index (χ0n) is 13.8. The molecule has 0 unspecified atom stereocenters. The first kappa shape index (κ1) is 15.0. The minimum atomic E-state index is -0.151. The maximum absolute atomic E-state index is 12.6. The van der Waals surface area contributed by atoms with Gasteiger partial charge in [-0.3, -0.25) is 9.69 Å². The minimum Gasteiger partial charge on any atom is -0.478 e. The molecule has 0 fully saturated rings. The van der Waals surface area contributed by atoms with E-state index in [4.69, 9.17) is 18.3 Å². The Morgan fingerprint density at radius 2 is 1.96 bits per heavy atom. The minimum absolute atomic E-state index is 0.151. The second-order valence-corrected chi connectivity index (χ2v) is 6.21. The van der Waals surface area contributed by atoms with Crippen LogP contribution in [-0.2, 0) is 13.1 Å². The number of carbonyl (C=O) groups is 1. The second-order valence-electron chi connectivity index (χ2n) is 6.21. The summed E-state index contributed by atoms with van der Waals surface area (Å²) in [6, 6.07) is 10.9. The highest BCUT2D eigenvalue weighted by molar-refractivity contribution is 6.14. The number of ether oxygens (including phenoxy) is 2. The summed E-state index contributed by atoms with van der Waals surface area (Å²) in [5.74, 6) is 2.85. The van der Waals surface area contributed by atoms with Crippen LogP contribution in [0, 0.1) is 0 Å². The lowest BCUT2D eigenvalue weighted by atomic mass is 10.0. The molecule has 0 atom stereocenters. The van der Waals surface area contributed by atoms with Crippen LogP contribution in [0.4, 0.5) is 0 Å². The van der Waals surface area contributed by atoms with Crippen molar-refractivity contribution >= 4 is 11.9 Å². The van der Waals surface area contributed by atoms with E-state index in [1.807, 2.05) is 18.2 Å². The number of carbonyl (C=O) groups excluding carboxylic acids is 1. The molecule has 2 aliphatic heterocycles. The van der Waals surface area contributed by atoms with Crippen LogP contribution in [0.2, 0.25) is 0 Å². The van der Waals surface area contributed by atoms with Crippen molar-refractivity contribution in [1.29, 1.82) is 0 Å². The summed E-state index contributed by atoms with van der Waals surface area (Å²) in [5, 5.41) is 0. The zero-order chi connectivity index (χ0) is 17.5. The summed E-state index contributed by atoms with van der Waals surface area (Å²) < 4.78 is 22.4. The van der Waals surface area contributed by atoms with Gasteiger partial charge in [-0.25, -0.2) is 0 Å². The number of hydrogen-bond donors (Lipinski definition) is 0. The zero-order valence-corrected chi connectivity index (χ0v) is 13.8. The van der Waals surface area contributed by atoms with E-state index in [-0.39, 0.29) is 11.5 Å². The molecule has 26 heavy (non-hydrogen) atoms. The monoisotopic (exact) mass is 349 g/mol. The fourth-order valence-corrected chi connectivity index (χ4v) is 3.23. The molecule has 0 saturated heterocycles. The van der Waals surface area contributed by atoms with Gasteiger partial charge in [0.2, 0.25) is 5.78 Å². The topological polar surface area (TPSA) is 65.0 Å². The summed E-state index contributed by atoms with van der Waals surface area (Å²) >= 11 is 0. The van der Waals surface area contributed by atoms with E-state index >= 15 is 0 Å². The highest BCUT2D eigenvalue weighted by atomic mass is 16.5. The van der Waals surface area contributed by atoms with Crippen LogP contribution < -0.4 is 9.47 Å². The molecule has 2 aromatic heterocycles. The van der Waals surface area contributed by atoms with E-state index in [1.54, 1.807) is 36.8 Å². The van der Waals surface area contributed by atoms with E-state index < -0.39 is 0 Å². The number of fused-ring (bicyclic) bond motifs is 3. The fraction of sp³-hybridized carbons (Fsp3) is 0.150. The molecule has 3 aromatic rings. The fourth-order valence-electron chi connectivity index (χ4n) is 3.23. The average molecular weight is 349 g/mol. The van der Waals surface area contributed by atoms with Gasteiger partial charge >= 0.3 is 0 Å². The molecule has 0 aliphatic carbocycles. The lowest BCUT2D eigenvalue weighted by Gasteiger charge is -2.29. The van der Waals surface area contributed by atoms with Crippen molar-refractivity contribution in [3.8, 4) is 11.5 Å². The number of benzene rings is 1. The maximum Gasteiger partial charge on any atom is 0.232 e. The quantitative estimate of drug-likeness (QED) is 0.670. The number of hydrogen-bond acceptors (Lipinski definition) is 6. The van der Waals surface area contributed by atoms with E-state index in [2.05, 4.69) is 4.90 Å². The highest BCUT2D eigenvalue weighted by Crippen LogP contribution is 2.42. The summed E-state index contributed by atoms with van der Waals surface area (Å²) in [7, 11) is 0. The van der Waals surface area contributed by atoms with Crippen LogP contribution in [0.1, 0.15) is 27.4 Å². The molecule has 5 rings (SSSR count). The molecule has 0 radical (unpaired) electrons. The Kier molecular flexibility index (Phi) is 3.43. The average Bonchev–Trinajstić information content (AvgIpc) is 3.39. The molecule has 0 amide bonds. The van der Waals surface area contributed by atoms with E-state index in [9.17, 15) is 4.79 Å². The van der Waals surface area contributed by atoms with Gasteiger partial charge in [0.1, 0.15) is 29.8 Å². The number of Topliss-reactive ketones (excluding diaryl/α,β-unsaturated/α-hetero) is 1. The third-order valence-electron chi connectivity index (χ3n) is 4.46. The van der Waals surface area contributed by atoms with Gasteiger partial charge in [0, 0.05) is 12.6 Å². The van der Waals surface area contributed by atoms with Crippen molar-refractivity contribution in [3.63, 3.8) is 0 Å². The van der Waals surface area contributed by atoms with Gasteiger partial charge in [-0.2, -0.15) is 0 Å². The number of ketones is 1.